The molecule has 0 bridgehead atoms. The summed E-state index contributed by atoms with van der Waals surface area (Å²) < 4.78 is 5.40. The van der Waals surface area contributed by atoms with Gasteiger partial charge in [0, 0.05) is 17.2 Å². The van der Waals surface area contributed by atoms with E-state index < -0.39 is 0 Å². The third-order valence-electron chi connectivity index (χ3n) is 3.43. The van der Waals surface area contributed by atoms with Crippen LogP contribution in [0.2, 0.25) is 0 Å². The molecule has 0 fully saturated rings. The molecule has 1 aromatic heterocycles. The Morgan fingerprint density at radius 3 is 2.05 bits per heavy atom. The average molecular weight is 286 g/mol. The van der Waals surface area contributed by atoms with Crippen molar-refractivity contribution in [3.05, 3.63) is 72.3 Å². The van der Waals surface area contributed by atoms with Crippen LogP contribution in [-0.4, -0.2) is 12.1 Å². The zero-order chi connectivity index (χ0) is 15.4. The van der Waals surface area contributed by atoms with Crippen LogP contribution in [-0.2, 0) is 0 Å². The van der Waals surface area contributed by atoms with Crippen molar-refractivity contribution in [1.82, 2.24) is 4.98 Å². The van der Waals surface area contributed by atoms with E-state index in [1.54, 1.807) is 13.2 Å². The lowest BCUT2D eigenvalue weighted by Gasteiger charge is -2.11. The Balaban J connectivity index is 2.26. The van der Waals surface area contributed by atoms with Crippen molar-refractivity contribution >= 4 is 0 Å². The van der Waals surface area contributed by atoms with Gasteiger partial charge in [-0.05, 0) is 0 Å². The van der Waals surface area contributed by atoms with Gasteiger partial charge < -0.3 is 4.74 Å². The van der Waals surface area contributed by atoms with Crippen LogP contribution in [0.1, 0.15) is 5.56 Å². The quantitative estimate of drug-likeness (QED) is 0.721. The molecule has 0 amide bonds. The normalized spacial score (nSPS) is 10.0. The summed E-state index contributed by atoms with van der Waals surface area (Å²) in [6, 6.07) is 23.6. The smallest absolute Gasteiger partial charge is 0.141 e. The number of rotatable bonds is 3. The molecule has 0 N–H and O–H groups in total. The minimum atomic E-state index is 0.452. The average Bonchev–Trinajstić information content (AvgIpc) is 2.62. The van der Waals surface area contributed by atoms with E-state index >= 15 is 0 Å². The van der Waals surface area contributed by atoms with Crippen LogP contribution < -0.4 is 4.74 Å². The fourth-order valence-corrected chi connectivity index (χ4v) is 2.35. The first-order valence-electron chi connectivity index (χ1n) is 6.93. The summed E-state index contributed by atoms with van der Waals surface area (Å²) in [5.74, 6) is 0.537. The highest BCUT2D eigenvalue weighted by Gasteiger charge is 2.15. The van der Waals surface area contributed by atoms with Crippen molar-refractivity contribution in [3.63, 3.8) is 0 Å². The molecule has 0 unspecified atom stereocenters. The second-order valence-corrected chi connectivity index (χ2v) is 4.78. The van der Waals surface area contributed by atoms with Gasteiger partial charge in [-0.15, -0.1) is 0 Å². The molecular formula is C19H14N2O. The Morgan fingerprint density at radius 2 is 1.50 bits per heavy atom. The van der Waals surface area contributed by atoms with Gasteiger partial charge in [-0.1, -0.05) is 60.7 Å². The molecule has 22 heavy (non-hydrogen) atoms. The van der Waals surface area contributed by atoms with E-state index in [1.807, 2.05) is 60.7 Å². The zero-order valence-corrected chi connectivity index (χ0v) is 12.2. The van der Waals surface area contributed by atoms with E-state index in [-0.39, 0.29) is 0 Å². The van der Waals surface area contributed by atoms with Crippen LogP contribution in [0.3, 0.4) is 0 Å². The first-order valence-corrected chi connectivity index (χ1v) is 6.93. The number of benzene rings is 2. The van der Waals surface area contributed by atoms with E-state index in [2.05, 4.69) is 6.07 Å². The first kappa shape index (κ1) is 13.8. The maximum Gasteiger partial charge on any atom is 0.141 e. The number of pyridine rings is 1. The minimum Gasteiger partial charge on any atom is -0.495 e. The van der Waals surface area contributed by atoms with Gasteiger partial charge in [0.15, 0.2) is 0 Å². The number of methoxy groups -OCH3 is 1. The first-order chi connectivity index (χ1) is 10.8. The molecule has 3 aromatic rings. The minimum absolute atomic E-state index is 0.452. The van der Waals surface area contributed by atoms with E-state index in [0.717, 1.165) is 16.8 Å². The Hall–Kier alpha value is -3.12. The maximum absolute atomic E-state index is 9.48. The number of aromatic nitrogens is 1. The van der Waals surface area contributed by atoms with E-state index in [0.29, 0.717) is 17.0 Å². The highest BCUT2D eigenvalue weighted by Crippen LogP contribution is 2.32. The molecule has 0 spiro atoms. The molecule has 0 saturated carbocycles. The van der Waals surface area contributed by atoms with Crippen molar-refractivity contribution in [2.24, 2.45) is 0 Å². The van der Waals surface area contributed by atoms with Crippen LogP contribution in [0.4, 0.5) is 0 Å². The molecular weight excluding hydrogens is 272 g/mol. The van der Waals surface area contributed by atoms with Gasteiger partial charge in [0.05, 0.1) is 18.5 Å². The van der Waals surface area contributed by atoms with Gasteiger partial charge >= 0.3 is 0 Å². The molecule has 3 nitrogen and oxygen atoms in total. The molecule has 3 rings (SSSR count). The fraction of sp³-hybridized carbons (Fsp3) is 0.0526. The van der Waals surface area contributed by atoms with Gasteiger partial charge in [-0.25, -0.2) is 4.98 Å². The monoisotopic (exact) mass is 286 g/mol. The lowest BCUT2D eigenvalue weighted by atomic mass is 10.0. The summed E-state index contributed by atoms with van der Waals surface area (Å²) in [6.45, 7) is 0. The Kier molecular flexibility index (Phi) is 3.84. The molecule has 106 valence electrons. The van der Waals surface area contributed by atoms with Gasteiger partial charge in [-0.3, -0.25) is 0 Å². The lowest BCUT2D eigenvalue weighted by molar-refractivity contribution is 0.413. The SMILES string of the molecule is COc1cc(-c2ccccc2)nc(-c2ccccc2)c1C#N. The predicted octanol–water partition coefficient (Wildman–Crippen LogP) is 4.30. The van der Waals surface area contributed by atoms with Crippen molar-refractivity contribution in [2.45, 2.75) is 0 Å². The van der Waals surface area contributed by atoms with Crippen molar-refractivity contribution in [3.8, 4) is 34.3 Å². The van der Waals surface area contributed by atoms with Gasteiger partial charge in [-0.2, -0.15) is 5.26 Å². The third-order valence-corrected chi connectivity index (χ3v) is 3.43. The van der Waals surface area contributed by atoms with Gasteiger partial charge in [0.1, 0.15) is 17.4 Å². The molecule has 0 saturated heterocycles. The molecule has 0 aliphatic carbocycles. The Bertz CT molecular complexity index is 821. The van der Waals surface area contributed by atoms with E-state index in [9.17, 15) is 5.26 Å². The topological polar surface area (TPSA) is 45.9 Å². The molecule has 3 heteroatoms. The van der Waals surface area contributed by atoms with E-state index in [1.165, 1.54) is 0 Å². The molecule has 2 aromatic carbocycles. The molecule has 1 heterocycles. The standard InChI is InChI=1S/C19H14N2O/c1-22-18-12-17(14-8-4-2-5-9-14)21-19(16(18)13-20)15-10-6-3-7-11-15/h2-12H,1H3. The zero-order valence-electron chi connectivity index (χ0n) is 12.2. The molecule has 0 radical (unpaired) electrons. The third kappa shape index (κ3) is 2.55. The van der Waals surface area contributed by atoms with Crippen molar-refractivity contribution in [1.29, 1.82) is 5.26 Å². The summed E-state index contributed by atoms with van der Waals surface area (Å²) in [5.41, 5.74) is 3.77. The van der Waals surface area contributed by atoms with Crippen LogP contribution in [0.15, 0.2) is 66.7 Å². The second-order valence-electron chi connectivity index (χ2n) is 4.78. The number of hydrogen-bond acceptors (Lipinski definition) is 3. The summed E-state index contributed by atoms with van der Waals surface area (Å²) in [5, 5.41) is 9.48. The molecule has 0 aliphatic heterocycles. The highest BCUT2D eigenvalue weighted by molar-refractivity contribution is 5.75. The summed E-state index contributed by atoms with van der Waals surface area (Å²) in [6.07, 6.45) is 0. The van der Waals surface area contributed by atoms with Crippen LogP contribution in [0, 0.1) is 11.3 Å². The van der Waals surface area contributed by atoms with Crippen LogP contribution >= 0.6 is 0 Å². The highest BCUT2D eigenvalue weighted by atomic mass is 16.5. The fourth-order valence-electron chi connectivity index (χ4n) is 2.35. The molecule has 0 atom stereocenters. The van der Waals surface area contributed by atoms with Crippen molar-refractivity contribution in [2.75, 3.05) is 7.11 Å². The summed E-state index contributed by atoms with van der Waals surface area (Å²) in [7, 11) is 1.57. The number of ether oxygens (including phenoxy) is 1. The number of nitrogens with zero attached hydrogens (tertiary/aromatic N) is 2. The molecule has 0 aliphatic rings. The van der Waals surface area contributed by atoms with Crippen LogP contribution in [0.25, 0.3) is 22.5 Å². The Morgan fingerprint density at radius 1 is 0.909 bits per heavy atom. The van der Waals surface area contributed by atoms with E-state index in [4.69, 9.17) is 9.72 Å². The van der Waals surface area contributed by atoms with Gasteiger partial charge in [0.25, 0.3) is 0 Å². The lowest BCUT2D eigenvalue weighted by Crippen LogP contribution is -1.97. The van der Waals surface area contributed by atoms with Crippen molar-refractivity contribution < 1.29 is 4.74 Å². The van der Waals surface area contributed by atoms with Crippen LogP contribution in [0.5, 0.6) is 5.75 Å². The maximum atomic E-state index is 9.48. The number of nitriles is 1. The second kappa shape index (κ2) is 6.11. The largest absolute Gasteiger partial charge is 0.495 e. The van der Waals surface area contributed by atoms with Gasteiger partial charge in [0.2, 0.25) is 0 Å². The summed E-state index contributed by atoms with van der Waals surface area (Å²) in [4.78, 5) is 4.69. The predicted molar refractivity (Wildman–Crippen MR) is 86.4 cm³/mol. The summed E-state index contributed by atoms with van der Waals surface area (Å²) >= 11 is 0. The number of hydrogen-bond donors (Lipinski definition) is 0. The Labute approximate surface area is 129 Å².